The fourth-order valence-corrected chi connectivity index (χ4v) is 4.10. The van der Waals surface area contributed by atoms with Crippen LogP contribution in [0.15, 0.2) is 18.5 Å². The minimum absolute atomic E-state index is 0.126. The molecule has 0 aromatic carbocycles. The number of aryl methyl sites for hydroxylation is 2. The van der Waals surface area contributed by atoms with Gasteiger partial charge < -0.3 is 5.32 Å². The van der Waals surface area contributed by atoms with Crippen LogP contribution in [0.2, 0.25) is 0 Å². The third kappa shape index (κ3) is 5.60. The van der Waals surface area contributed by atoms with Crippen LogP contribution >= 0.6 is 0 Å². The summed E-state index contributed by atoms with van der Waals surface area (Å²) in [6, 6.07) is 1.75. The first-order valence-corrected chi connectivity index (χ1v) is 11.3. The van der Waals surface area contributed by atoms with Crippen LogP contribution in [-0.2, 0) is 19.6 Å². The number of imide groups is 1. The lowest BCUT2D eigenvalue weighted by Crippen LogP contribution is -2.44. The van der Waals surface area contributed by atoms with Gasteiger partial charge in [0.1, 0.15) is 23.3 Å². The summed E-state index contributed by atoms with van der Waals surface area (Å²) in [6.45, 7) is 3.95. The first-order valence-electron chi connectivity index (χ1n) is 9.65. The number of imidazole rings is 1. The van der Waals surface area contributed by atoms with Crippen LogP contribution in [-0.4, -0.2) is 70.0 Å². The molecule has 1 fully saturated rings. The summed E-state index contributed by atoms with van der Waals surface area (Å²) < 4.78 is 28.6. The van der Waals surface area contributed by atoms with Gasteiger partial charge in [0.15, 0.2) is 0 Å². The maximum atomic E-state index is 12.2. The fraction of sp³-hybridized carbons (Fsp3) is 0.500. The highest BCUT2D eigenvalue weighted by Crippen LogP contribution is 2.13. The second-order valence-corrected chi connectivity index (χ2v) is 8.86. The van der Waals surface area contributed by atoms with Gasteiger partial charge in [0.2, 0.25) is 21.8 Å². The van der Waals surface area contributed by atoms with Crippen molar-refractivity contribution in [3.8, 4) is 5.82 Å². The number of hydrogen-bond acceptors (Lipinski definition) is 8. The number of anilines is 1. The van der Waals surface area contributed by atoms with Crippen molar-refractivity contribution >= 4 is 27.7 Å². The molecule has 162 valence electrons. The molecule has 1 aliphatic rings. The summed E-state index contributed by atoms with van der Waals surface area (Å²) in [5, 5.41) is 3.07. The van der Waals surface area contributed by atoms with Crippen molar-refractivity contribution in [2.45, 2.75) is 33.1 Å². The van der Waals surface area contributed by atoms with Gasteiger partial charge in [0, 0.05) is 50.9 Å². The highest BCUT2D eigenvalue weighted by molar-refractivity contribution is 7.89. The van der Waals surface area contributed by atoms with Crippen molar-refractivity contribution in [2.75, 3.05) is 30.7 Å². The Balaban J connectivity index is 1.49. The van der Waals surface area contributed by atoms with Crippen LogP contribution in [0.5, 0.6) is 0 Å². The van der Waals surface area contributed by atoms with Crippen LogP contribution in [0.1, 0.15) is 30.9 Å². The molecule has 1 saturated heterocycles. The molecule has 0 atom stereocenters. The molecule has 3 rings (SSSR count). The third-order valence-corrected chi connectivity index (χ3v) is 5.98. The second kappa shape index (κ2) is 9.30. The SMILES string of the molecule is Cc1nc(NCCNS(=O)(=O)CCN2C(=O)CCCC2=O)cc(-n2ccnc2C)n1. The Labute approximate surface area is 175 Å². The van der Waals surface area contributed by atoms with Crippen LogP contribution < -0.4 is 10.0 Å². The summed E-state index contributed by atoms with van der Waals surface area (Å²) in [6.07, 6.45) is 4.56. The van der Waals surface area contributed by atoms with Crippen LogP contribution in [0, 0.1) is 13.8 Å². The standard InChI is InChI=1S/C18H25N7O4S/c1-13-22-15(12-16(23-13)24-9-8-19-14(24)2)20-6-7-21-30(28,29)11-10-25-17(26)4-3-5-18(25)27/h8-9,12,21H,3-7,10-11H2,1-2H3,(H,20,22,23). The number of piperidine rings is 1. The number of amides is 2. The molecular formula is C18H25N7O4S. The van der Waals surface area contributed by atoms with Gasteiger partial charge in [0.25, 0.3) is 0 Å². The largest absolute Gasteiger partial charge is 0.369 e. The molecule has 0 saturated carbocycles. The highest BCUT2D eigenvalue weighted by atomic mass is 32.2. The molecule has 2 N–H and O–H groups in total. The molecule has 0 bridgehead atoms. The Bertz CT molecular complexity index is 1020. The Morgan fingerprint density at radius 1 is 1.10 bits per heavy atom. The van der Waals surface area contributed by atoms with Crippen LogP contribution in [0.4, 0.5) is 5.82 Å². The minimum Gasteiger partial charge on any atom is -0.369 e. The smallest absolute Gasteiger partial charge is 0.229 e. The number of nitrogens with zero attached hydrogens (tertiary/aromatic N) is 5. The van der Waals surface area contributed by atoms with Crippen LogP contribution in [0.3, 0.4) is 0 Å². The van der Waals surface area contributed by atoms with Crippen molar-refractivity contribution < 1.29 is 18.0 Å². The van der Waals surface area contributed by atoms with Gasteiger partial charge in [-0.3, -0.25) is 19.1 Å². The molecule has 3 heterocycles. The van der Waals surface area contributed by atoms with Crippen LogP contribution in [0.25, 0.3) is 5.82 Å². The van der Waals surface area contributed by atoms with Crippen molar-refractivity contribution in [1.82, 2.24) is 29.1 Å². The highest BCUT2D eigenvalue weighted by Gasteiger charge is 2.27. The summed E-state index contributed by atoms with van der Waals surface area (Å²) in [5.74, 6) is 1.64. The summed E-state index contributed by atoms with van der Waals surface area (Å²) >= 11 is 0. The predicted octanol–water partition coefficient (Wildman–Crippen LogP) is 0.150. The van der Waals surface area contributed by atoms with Crippen molar-refractivity contribution in [2.24, 2.45) is 0 Å². The molecule has 0 unspecified atom stereocenters. The van der Waals surface area contributed by atoms with E-state index in [1.165, 1.54) is 0 Å². The summed E-state index contributed by atoms with van der Waals surface area (Å²) in [5.41, 5.74) is 0. The first-order chi connectivity index (χ1) is 14.2. The number of rotatable bonds is 9. The average molecular weight is 436 g/mol. The molecular weight excluding hydrogens is 410 g/mol. The topological polar surface area (TPSA) is 139 Å². The van der Waals surface area contributed by atoms with E-state index in [1.807, 2.05) is 11.5 Å². The molecule has 2 aromatic rings. The number of aromatic nitrogens is 4. The zero-order valence-corrected chi connectivity index (χ0v) is 17.8. The normalized spacial score (nSPS) is 14.9. The van der Waals surface area contributed by atoms with Gasteiger partial charge in [-0.2, -0.15) is 0 Å². The Kier molecular flexibility index (Phi) is 6.77. The number of nitrogens with one attached hydrogen (secondary N) is 2. The van der Waals surface area contributed by atoms with Gasteiger partial charge in [-0.05, 0) is 20.3 Å². The van der Waals surface area contributed by atoms with Crippen molar-refractivity contribution in [1.29, 1.82) is 0 Å². The summed E-state index contributed by atoms with van der Waals surface area (Å²) in [4.78, 5) is 37.4. The number of sulfonamides is 1. The molecule has 30 heavy (non-hydrogen) atoms. The van der Waals surface area contributed by atoms with Gasteiger partial charge in [-0.25, -0.2) is 28.1 Å². The molecule has 2 aromatic heterocycles. The van der Waals surface area contributed by atoms with E-state index in [-0.39, 0.29) is 43.5 Å². The Morgan fingerprint density at radius 2 is 1.83 bits per heavy atom. The lowest BCUT2D eigenvalue weighted by molar-refractivity contribution is -0.147. The molecule has 1 aliphatic heterocycles. The zero-order valence-electron chi connectivity index (χ0n) is 17.0. The molecule has 0 radical (unpaired) electrons. The molecule has 0 spiro atoms. The van der Waals surface area contributed by atoms with E-state index in [0.717, 1.165) is 10.7 Å². The monoisotopic (exact) mass is 435 g/mol. The Morgan fingerprint density at radius 3 is 2.50 bits per heavy atom. The third-order valence-electron chi connectivity index (χ3n) is 4.62. The van der Waals surface area contributed by atoms with E-state index in [2.05, 4.69) is 25.0 Å². The first kappa shape index (κ1) is 21.8. The van der Waals surface area contributed by atoms with Crippen molar-refractivity contribution in [3.63, 3.8) is 0 Å². The predicted molar refractivity (Wildman–Crippen MR) is 109 cm³/mol. The lowest BCUT2D eigenvalue weighted by atomic mass is 10.1. The van der Waals surface area contributed by atoms with Gasteiger partial charge in [0.05, 0.1) is 5.75 Å². The molecule has 2 amide bonds. The minimum atomic E-state index is -3.62. The van der Waals surface area contributed by atoms with E-state index < -0.39 is 10.0 Å². The fourth-order valence-electron chi connectivity index (χ4n) is 3.12. The molecule has 0 aliphatic carbocycles. The Hall–Kier alpha value is -2.86. The number of likely N-dealkylation sites (tertiary alicyclic amines) is 1. The van der Waals surface area contributed by atoms with Gasteiger partial charge >= 0.3 is 0 Å². The van der Waals surface area contributed by atoms with Gasteiger partial charge in [-0.15, -0.1) is 0 Å². The van der Waals surface area contributed by atoms with Gasteiger partial charge in [-0.1, -0.05) is 0 Å². The average Bonchev–Trinajstić information content (AvgIpc) is 3.10. The lowest BCUT2D eigenvalue weighted by Gasteiger charge is -2.24. The molecule has 12 heteroatoms. The number of carbonyl (C=O) groups is 2. The van der Waals surface area contributed by atoms with E-state index in [4.69, 9.17) is 0 Å². The maximum absolute atomic E-state index is 12.2. The molecule has 11 nitrogen and oxygen atoms in total. The quantitative estimate of drug-likeness (QED) is 0.419. The van der Waals surface area contributed by atoms with Crippen molar-refractivity contribution in [3.05, 3.63) is 30.1 Å². The second-order valence-electron chi connectivity index (χ2n) is 6.94. The zero-order chi connectivity index (χ0) is 21.7. The number of carbonyl (C=O) groups excluding carboxylic acids is 2. The van der Waals surface area contributed by atoms with E-state index >= 15 is 0 Å². The van der Waals surface area contributed by atoms with E-state index in [1.54, 1.807) is 25.4 Å². The van der Waals surface area contributed by atoms with E-state index in [0.29, 0.717) is 30.4 Å². The van der Waals surface area contributed by atoms with E-state index in [9.17, 15) is 18.0 Å². The summed E-state index contributed by atoms with van der Waals surface area (Å²) in [7, 11) is -3.62. The number of hydrogen-bond donors (Lipinski definition) is 2. The maximum Gasteiger partial charge on any atom is 0.229 e.